The van der Waals surface area contributed by atoms with Gasteiger partial charge in [-0.05, 0) is 11.1 Å². The van der Waals surface area contributed by atoms with Gasteiger partial charge in [-0.2, -0.15) is 5.26 Å². The second-order valence-corrected chi connectivity index (χ2v) is 4.87. The van der Waals surface area contributed by atoms with Crippen LogP contribution >= 0.6 is 15.9 Å². The molecule has 3 atom stereocenters. The second kappa shape index (κ2) is 6.17. The van der Waals surface area contributed by atoms with Gasteiger partial charge in [-0.1, -0.05) is 15.9 Å². The van der Waals surface area contributed by atoms with Crippen molar-refractivity contribution >= 4 is 22.0 Å². The summed E-state index contributed by atoms with van der Waals surface area (Å²) in [4.78, 5) is 27.0. The minimum absolute atomic E-state index is 0.0456. The molecule has 20 heavy (non-hydrogen) atoms. The normalized spacial score (nSPS) is 25.9. The highest BCUT2D eigenvalue weighted by atomic mass is 79.9. The van der Waals surface area contributed by atoms with Crippen LogP contribution in [0.25, 0.3) is 6.08 Å². The Labute approximate surface area is 122 Å². The lowest BCUT2D eigenvalue weighted by atomic mass is 10.1. The van der Waals surface area contributed by atoms with E-state index in [0.717, 1.165) is 0 Å². The Bertz CT molecular complexity index is 673. The summed E-state index contributed by atoms with van der Waals surface area (Å²) in [5.41, 5.74) is -0.839. The zero-order valence-electron chi connectivity index (χ0n) is 10.3. The molecule has 1 aliphatic heterocycles. The summed E-state index contributed by atoms with van der Waals surface area (Å²) >= 11 is 3.06. The number of aromatic amines is 1. The molecule has 0 saturated carbocycles. The largest absolute Gasteiger partial charge is 0.390 e. The first kappa shape index (κ1) is 14.7. The van der Waals surface area contributed by atoms with Crippen LogP contribution in [0, 0.1) is 11.3 Å². The number of H-pyrrole nitrogens is 1. The highest BCUT2D eigenvalue weighted by molar-refractivity contribution is 9.11. The van der Waals surface area contributed by atoms with Crippen LogP contribution < -0.4 is 11.2 Å². The maximum absolute atomic E-state index is 11.8. The van der Waals surface area contributed by atoms with E-state index in [0.29, 0.717) is 0 Å². The summed E-state index contributed by atoms with van der Waals surface area (Å²) in [5.74, 6) is 0. The van der Waals surface area contributed by atoms with E-state index in [1.807, 2.05) is 6.07 Å². The number of aliphatic hydroxyl groups is 1. The Morgan fingerprint density at radius 2 is 2.40 bits per heavy atom. The molecule has 0 amide bonds. The van der Waals surface area contributed by atoms with Crippen molar-refractivity contribution in [3.63, 3.8) is 0 Å². The van der Waals surface area contributed by atoms with Crippen LogP contribution in [-0.2, 0) is 4.74 Å². The van der Waals surface area contributed by atoms with Crippen molar-refractivity contribution in [3.8, 4) is 6.07 Å². The van der Waals surface area contributed by atoms with Gasteiger partial charge in [0.2, 0.25) is 0 Å². The molecule has 0 radical (unpaired) electrons. The number of nitrogens with zero attached hydrogens (tertiary/aromatic N) is 2. The van der Waals surface area contributed by atoms with Crippen LogP contribution in [0.4, 0.5) is 0 Å². The SMILES string of the molecule is N#CC[C@@H]1O[C@H](n2cc(C=CBr)c(=O)[nH]c2=O)CC1O. The Hall–Kier alpha value is -1.69. The summed E-state index contributed by atoms with van der Waals surface area (Å²) < 4.78 is 6.70. The predicted molar refractivity (Wildman–Crippen MR) is 74.0 cm³/mol. The number of nitriles is 1. The molecular formula is C12H12BrN3O4. The Balaban J connectivity index is 2.35. The third-order valence-corrected chi connectivity index (χ3v) is 3.31. The van der Waals surface area contributed by atoms with Gasteiger partial charge in [-0.3, -0.25) is 14.3 Å². The van der Waals surface area contributed by atoms with Crippen molar-refractivity contribution in [3.05, 3.63) is 37.6 Å². The molecule has 1 saturated heterocycles. The van der Waals surface area contributed by atoms with Crippen LogP contribution in [0.3, 0.4) is 0 Å². The maximum Gasteiger partial charge on any atom is 0.330 e. The Kier molecular flexibility index (Phi) is 4.54. The van der Waals surface area contributed by atoms with Gasteiger partial charge in [0.05, 0.1) is 30.3 Å². The lowest BCUT2D eigenvalue weighted by Crippen LogP contribution is -2.33. The van der Waals surface area contributed by atoms with Crippen LogP contribution in [0.5, 0.6) is 0 Å². The molecular weight excluding hydrogens is 330 g/mol. The molecule has 2 heterocycles. The average Bonchev–Trinajstić information content (AvgIpc) is 2.75. The Morgan fingerprint density at radius 1 is 1.65 bits per heavy atom. The van der Waals surface area contributed by atoms with Gasteiger partial charge in [0.15, 0.2) is 0 Å². The monoisotopic (exact) mass is 341 g/mol. The molecule has 1 fully saturated rings. The molecule has 8 heteroatoms. The van der Waals surface area contributed by atoms with E-state index >= 15 is 0 Å². The van der Waals surface area contributed by atoms with E-state index in [2.05, 4.69) is 20.9 Å². The molecule has 1 unspecified atom stereocenters. The van der Waals surface area contributed by atoms with Crippen LogP contribution in [0.2, 0.25) is 0 Å². The van der Waals surface area contributed by atoms with Gasteiger partial charge in [-0.25, -0.2) is 4.79 Å². The summed E-state index contributed by atoms with van der Waals surface area (Å²) in [7, 11) is 0. The molecule has 1 aromatic heterocycles. The molecule has 106 valence electrons. The van der Waals surface area contributed by atoms with Crippen molar-refractivity contribution in [1.82, 2.24) is 9.55 Å². The number of aromatic nitrogens is 2. The fourth-order valence-electron chi connectivity index (χ4n) is 2.06. The summed E-state index contributed by atoms with van der Waals surface area (Å²) in [6, 6.07) is 1.92. The minimum Gasteiger partial charge on any atom is -0.390 e. The van der Waals surface area contributed by atoms with Crippen LogP contribution in [0.15, 0.2) is 20.8 Å². The van der Waals surface area contributed by atoms with Crippen molar-refractivity contribution in [2.45, 2.75) is 31.3 Å². The van der Waals surface area contributed by atoms with Gasteiger partial charge in [0.1, 0.15) is 6.23 Å². The highest BCUT2D eigenvalue weighted by Crippen LogP contribution is 2.29. The third kappa shape index (κ3) is 2.90. The first-order valence-corrected chi connectivity index (χ1v) is 6.81. The summed E-state index contributed by atoms with van der Waals surface area (Å²) in [5, 5.41) is 18.4. The fourth-order valence-corrected chi connectivity index (χ4v) is 2.35. The molecule has 0 bridgehead atoms. The van der Waals surface area contributed by atoms with Crippen molar-refractivity contribution < 1.29 is 9.84 Å². The lowest BCUT2D eigenvalue weighted by Gasteiger charge is -2.14. The summed E-state index contributed by atoms with van der Waals surface area (Å²) in [6.07, 6.45) is 0.959. The second-order valence-electron chi connectivity index (χ2n) is 4.34. The molecule has 0 aliphatic carbocycles. The van der Waals surface area contributed by atoms with Gasteiger partial charge >= 0.3 is 5.69 Å². The zero-order valence-corrected chi connectivity index (χ0v) is 11.9. The Morgan fingerprint density at radius 3 is 3.05 bits per heavy atom. The standard InChI is InChI=1S/C12H12BrN3O4/c13-3-1-7-6-16(12(19)15-11(7)18)10-5-8(17)9(20-10)2-4-14/h1,3,6,8-10,17H,2,5H2,(H,15,18,19)/t8?,9-,10-/m0/s1. The first-order chi connectivity index (χ1) is 9.56. The minimum atomic E-state index is -0.811. The zero-order chi connectivity index (χ0) is 14.7. The van der Waals surface area contributed by atoms with Gasteiger partial charge in [0.25, 0.3) is 5.56 Å². The van der Waals surface area contributed by atoms with E-state index in [9.17, 15) is 14.7 Å². The third-order valence-electron chi connectivity index (χ3n) is 3.04. The van der Waals surface area contributed by atoms with Crippen molar-refractivity contribution in [2.75, 3.05) is 0 Å². The van der Waals surface area contributed by atoms with E-state index in [-0.39, 0.29) is 18.4 Å². The van der Waals surface area contributed by atoms with Gasteiger partial charge in [0, 0.05) is 12.6 Å². The molecule has 0 spiro atoms. The summed E-state index contributed by atoms with van der Waals surface area (Å²) in [6.45, 7) is 0. The predicted octanol–water partition coefficient (Wildman–Crippen LogP) is 0.464. The first-order valence-electron chi connectivity index (χ1n) is 5.89. The van der Waals surface area contributed by atoms with E-state index in [1.54, 1.807) is 0 Å². The molecule has 2 N–H and O–H groups in total. The highest BCUT2D eigenvalue weighted by Gasteiger charge is 2.35. The van der Waals surface area contributed by atoms with Crippen molar-refractivity contribution in [2.24, 2.45) is 0 Å². The fraction of sp³-hybridized carbons (Fsp3) is 0.417. The van der Waals surface area contributed by atoms with Crippen LogP contribution in [-0.4, -0.2) is 26.9 Å². The molecule has 1 aromatic rings. The van der Waals surface area contributed by atoms with Crippen molar-refractivity contribution in [1.29, 1.82) is 5.26 Å². The molecule has 7 nitrogen and oxygen atoms in total. The number of halogens is 1. The van der Waals surface area contributed by atoms with E-state index < -0.39 is 29.7 Å². The topological polar surface area (TPSA) is 108 Å². The number of ether oxygens (including phenoxy) is 1. The smallest absolute Gasteiger partial charge is 0.330 e. The lowest BCUT2D eigenvalue weighted by molar-refractivity contribution is -0.0175. The number of hydrogen-bond donors (Lipinski definition) is 2. The van der Waals surface area contributed by atoms with Crippen LogP contribution in [0.1, 0.15) is 24.6 Å². The number of nitrogens with one attached hydrogen (secondary N) is 1. The number of rotatable bonds is 3. The average molecular weight is 342 g/mol. The maximum atomic E-state index is 11.8. The molecule has 0 aromatic carbocycles. The quantitative estimate of drug-likeness (QED) is 0.830. The van der Waals surface area contributed by atoms with Gasteiger partial charge < -0.3 is 9.84 Å². The number of aliphatic hydroxyl groups excluding tert-OH is 1. The molecule has 2 rings (SSSR count). The number of hydrogen-bond acceptors (Lipinski definition) is 5. The molecule has 1 aliphatic rings. The van der Waals surface area contributed by atoms with Gasteiger partial charge in [-0.15, -0.1) is 0 Å². The van der Waals surface area contributed by atoms with E-state index in [4.69, 9.17) is 10.00 Å². The van der Waals surface area contributed by atoms with E-state index in [1.165, 1.54) is 21.8 Å².